The van der Waals surface area contributed by atoms with Crippen molar-refractivity contribution in [2.24, 2.45) is 0 Å². The van der Waals surface area contributed by atoms with E-state index in [2.05, 4.69) is 5.16 Å². The van der Waals surface area contributed by atoms with Crippen molar-refractivity contribution in [1.29, 1.82) is 0 Å². The summed E-state index contributed by atoms with van der Waals surface area (Å²) in [5.74, 6) is 0.227. The maximum absolute atomic E-state index is 10.8. The molecule has 1 aromatic carbocycles. The van der Waals surface area contributed by atoms with Gasteiger partial charge in [0.1, 0.15) is 5.75 Å². The Labute approximate surface area is 120 Å². The van der Waals surface area contributed by atoms with Gasteiger partial charge in [-0.25, -0.2) is 4.79 Å². The number of rotatable bonds is 5. The average Bonchev–Trinajstić information content (AvgIpc) is 3.08. The highest BCUT2D eigenvalue weighted by molar-refractivity contribution is 5.87. The van der Waals surface area contributed by atoms with Crippen LogP contribution >= 0.6 is 0 Å². The van der Waals surface area contributed by atoms with Crippen molar-refractivity contribution in [3.8, 4) is 5.75 Å². The van der Waals surface area contributed by atoms with E-state index in [0.717, 1.165) is 16.7 Å². The number of carboxylic acid groups (broad SMARTS) is 1. The van der Waals surface area contributed by atoms with Crippen LogP contribution in [0.4, 0.5) is 0 Å². The molecule has 6 nitrogen and oxygen atoms in total. The number of benzene rings is 1. The number of hydrogen-bond acceptors (Lipinski definition) is 4. The van der Waals surface area contributed by atoms with Crippen LogP contribution in [0.1, 0.15) is 23.2 Å². The number of hydrogen-bond donors (Lipinski definition) is 1. The van der Waals surface area contributed by atoms with Crippen LogP contribution in [0.25, 0.3) is 10.9 Å². The van der Waals surface area contributed by atoms with Crippen LogP contribution < -0.4 is 4.74 Å². The zero-order chi connectivity index (χ0) is 14.8. The van der Waals surface area contributed by atoms with Gasteiger partial charge >= 0.3 is 5.97 Å². The zero-order valence-corrected chi connectivity index (χ0v) is 11.4. The van der Waals surface area contributed by atoms with Gasteiger partial charge in [-0.15, -0.1) is 0 Å². The number of aromatic carboxylic acids is 1. The van der Waals surface area contributed by atoms with Gasteiger partial charge in [0.25, 0.3) is 0 Å². The molecule has 0 radical (unpaired) electrons. The molecule has 0 bridgehead atoms. The Hall–Kier alpha value is -2.76. The van der Waals surface area contributed by atoms with Crippen molar-refractivity contribution in [1.82, 2.24) is 9.72 Å². The van der Waals surface area contributed by atoms with Gasteiger partial charge in [0.15, 0.2) is 11.5 Å². The maximum Gasteiger partial charge on any atom is 0.358 e. The first-order chi connectivity index (χ1) is 10.2. The molecule has 0 saturated carbocycles. The quantitative estimate of drug-likeness (QED) is 0.780. The molecule has 0 spiro atoms. The summed E-state index contributed by atoms with van der Waals surface area (Å²) in [5.41, 5.74) is 0.908. The highest BCUT2D eigenvalue weighted by Crippen LogP contribution is 2.27. The van der Waals surface area contributed by atoms with Gasteiger partial charge in [0.2, 0.25) is 0 Å². The molecule has 0 amide bonds. The minimum Gasteiger partial charge on any atom is -0.493 e. The van der Waals surface area contributed by atoms with E-state index in [1.165, 1.54) is 6.07 Å². The number of aromatic nitrogens is 2. The van der Waals surface area contributed by atoms with Crippen molar-refractivity contribution in [3.05, 3.63) is 48.0 Å². The molecule has 0 aliphatic carbocycles. The molecule has 3 aromatic rings. The fourth-order valence-corrected chi connectivity index (χ4v) is 2.27. The van der Waals surface area contributed by atoms with E-state index in [1.807, 2.05) is 42.0 Å². The van der Waals surface area contributed by atoms with Crippen molar-refractivity contribution in [2.45, 2.75) is 13.5 Å². The summed E-state index contributed by atoms with van der Waals surface area (Å²) >= 11 is 0. The van der Waals surface area contributed by atoms with Crippen molar-refractivity contribution in [3.63, 3.8) is 0 Å². The fraction of sp³-hybridized carbons (Fsp3) is 0.200. The Morgan fingerprint density at radius 3 is 3.00 bits per heavy atom. The van der Waals surface area contributed by atoms with Gasteiger partial charge in [0, 0.05) is 17.6 Å². The minimum absolute atomic E-state index is 0.0866. The van der Waals surface area contributed by atoms with Gasteiger partial charge in [-0.3, -0.25) is 0 Å². The third-order valence-corrected chi connectivity index (χ3v) is 3.18. The summed E-state index contributed by atoms with van der Waals surface area (Å²) in [6.07, 6.45) is 1.91. The second-order valence-corrected chi connectivity index (χ2v) is 4.55. The van der Waals surface area contributed by atoms with E-state index in [1.54, 1.807) is 0 Å². The number of carboxylic acids is 1. The molecule has 21 heavy (non-hydrogen) atoms. The van der Waals surface area contributed by atoms with Crippen LogP contribution in [-0.4, -0.2) is 27.4 Å². The molecule has 2 heterocycles. The second-order valence-electron chi connectivity index (χ2n) is 4.55. The Morgan fingerprint density at radius 2 is 2.29 bits per heavy atom. The van der Waals surface area contributed by atoms with E-state index in [4.69, 9.17) is 14.4 Å². The normalized spacial score (nSPS) is 10.9. The topological polar surface area (TPSA) is 77.5 Å². The molecule has 0 unspecified atom stereocenters. The van der Waals surface area contributed by atoms with Crippen LogP contribution in [0.3, 0.4) is 0 Å². The van der Waals surface area contributed by atoms with Crippen LogP contribution in [0.15, 0.2) is 41.1 Å². The molecular weight excluding hydrogens is 272 g/mol. The van der Waals surface area contributed by atoms with E-state index in [-0.39, 0.29) is 5.69 Å². The summed E-state index contributed by atoms with van der Waals surface area (Å²) in [5, 5.41) is 13.4. The van der Waals surface area contributed by atoms with Gasteiger partial charge in [-0.05, 0) is 25.1 Å². The molecule has 0 aliphatic rings. The van der Waals surface area contributed by atoms with E-state index >= 15 is 0 Å². The van der Waals surface area contributed by atoms with E-state index in [9.17, 15) is 4.79 Å². The first-order valence-electron chi connectivity index (χ1n) is 6.58. The Morgan fingerprint density at radius 1 is 1.43 bits per heavy atom. The Balaban J connectivity index is 1.93. The van der Waals surface area contributed by atoms with Gasteiger partial charge < -0.3 is 18.9 Å². The minimum atomic E-state index is -1.10. The fourth-order valence-electron chi connectivity index (χ4n) is 2.27. The molecule has 0 fully saturated rings. The number of nitrogens with zero attached hydrogens (tertiary/aromatic N) is 2. The third kappa shape index (κ3) is 2.47. The van der Waals surface area contributed by atoms with E-state index in [0.29, 0.717) is 18.9 Å². The first-order valence-corrected chi connectivity index (χ1v) is 6.58. The molecule has 0 atom stereocenters. The molecule has 0 aliphatic heterocycles. The van der Waals surface area contributed by atoms with Gasteiger partial charge in [-0.2, -0.15) is 0 Å². The summed E-state index contributed by atoms with van der Waals surface area (Å²) in [4.78, 5) is 10.8. The highest BCUT2D eigenvalue weighted by atomic mass is 16.5. The van der Waals surface area contributed by atoms with Gasteiger partial charge in [-0.1, -0.05) is 11.2 Å². The third-order valence-electron chi connectivity index (χ3n) is 3.18. The van der Waals surface area contributed by atoms with E-state index < -0.39 is 5.97 Å². The lowest BCUT2D eigenvalue weighted by Gasteiger charge is -2.06. The first kappa shape index (κ1) is 13.2. The smallest absolute Gasteiger partial charge is 0.358 e. The summed E-state index contributed by atoms with van der Waals surface area (Å²) in [6, 6.07) is 9.22. The maximum atomic E-state index is 10.8. The molecule has 1 N–H and O–H groups in total. The molecule has 0 saturated heterocycles. The average molecular weight is 286 g/mol. The molecule has 2 aromatic heterocycles. The van der Waals surface area contributed by atoms with Gasteiger partial charge in [0.05, 0.1) is 18.7 Å². The monoisotopic (exact) mass is 286 g/mol. The lowest BCUT2D eigenvalue weighted by Crippen LogP contribution is -1.98. The second kappa shape index (κ2) is 5.32. The SMILES string of the molecule is CCOc1cccc2c1ccn2Cc1cc(C(=O)O)no1. The lowest BCUT2D eigenvalue weighted by atomic mass is 10.2. The standard InChI is InChI=1S/C15H14N2O4/c1-2-20-14-5-3-4-13-11(14)6-7-17(13)9-10-8-12(15(18)19)16-21-10/h3-8H,2,9H2,1H3,(H,18,19). The number of carbonyl (C=O) groups is 1. The highest BCUT2D eigenvalue weighted by Gasteiger charge is 2.12. The summed E-state index contributed by atoms with van der Waals surface area (Å²) in [7, 11) is 0. The molecular formula is C15H14N2O4. The predicted molar refractivity (Wildman–Crippen MR) is 75.7 cm³/mol. The number of ether oxygens (including phenoxy) is 1. The van der Waals surface area contributed by atoms with Crippen molar-refractivity contribution < 1.29 is 19.2 Å². The van der Waals surface area contributed by atoms with Crippen LogP contribution in [0.2, 0.25) is 0 Å². The predicted octanol–water partition coefficient (Wildman–Crippen LogP) is 2.77. The summed E-state index contributed by atoms with van der Waals surface area (Å²) < 4.78 is 12.6. The molecule has 108 valence electrons. The van der Waals surface area contributed by atoms with Crippen LogP contribution in [-0.2, 0) is 6.54 Å². The van der Waals surface area contributed by atoms with Crippen molar-refractivity contribution >= 4 is 16.9 Å². The van der Waals surface area contributed by atoms with Crippen molar-refractivity contribution in [2.75, 3.05) is 6.61 Å². The Kier molecular flexibility index (Phi) is 3.35. The summed E-state index contributed by atoms with van der Waals surface area (Å²) in [6.45, 7) is 2.96. The zero-order valence-electron chi connectivity index (χ0n) is 11.4. The molecule has 6 heteroatoms. The Bertz CT molecular complexity index is 788. The number of fused-ring (bicyclic) bond motifs is 1. The van der Waals surface area contributed by atoms with Crippen LogP contribution in [0.5, 0.6) is 5.75 Å². The lowest BCUT2D eigenvalue weighted by molar-refractivity contribution is 0.0685. The van der Waals surface area contributed by atoms with Crippen LogP contribution in [0, 0.1) is 0 Å². The largest absolute Gasteiger partial charge is 0.493 e. The molecule has 3 rings (SSSR count).